The Kier molecular flexibility index (Phi) is 6.56. The van der Waals surface area contributed by atoms with Crippen molar-refractivity contribution in [3.63, 3.8) is 0 Å². The van der Waals surface area contributed by atoms with Gasteiger partial charge in [0.15, 0.2) is 6.61 Å². The fourth-order valence-corrected chi connectivity index (χ4v) is 5.03. The van der Waals surface area contributed by atoms with Gasteiger partial charge in [-0.2, -0.15) is 0 Å². The monoisotopic (exact) mass is 421 g/mol. The Bertz CT molecular complexity index is 808. The minimum atomic E-state index is -0.644. The van der Waals surface area contributed by atoms with Crippen LogP contribution in [0.25, 0.3) is 0 Å². The molecule has 1 saturated carbocycles. The van der Waals surface area contributed by atoms with Gasteiger partial charge in [-0.3, -0.25) is 19.2 Å². The maximum atomic E-state index is 12.5. The van der Waals surface area contributed by atoms with Gasteiger partial charge in [0.2, 0.25) is 5.91 Å². The van der Waals surface area contributed by atoms with E-state index in [2.05, 4.69) is 19.2 Å². The molecule has 8 nitrogen and oxygen atoms in total. The topological polar surface area (TPSA) is 119 Å². The van der Waals surface area contributed by atoms with Crippen LogP contribution in [0.5, 0.6) is 0 Å². The molecule has 29 heavy (non-hydrogen) atoms. The van der Waals surface area contributed by atoms with Crippen LogP contribution in [-0.4, -0.2) is 47.8 Å². The van der Waals surface area contributed by atoms with Gasteiger partial charge >= 0.3 is 5.97 Å². The van der Waals surface area contributed by atoms with E-state index in [-0.39, 0.29) is 23.9 Å². The normalized spacial score (nSPS) is 27.0. The number of amides is 3. The van der Waals surface area contributed by atoms with Gasteiger partial charge < -0.3 is 20.7 Å². The first-order chi connectivity index (χ1) is 13.8. The van der Waals surface area contributed by atoms with Crippen molar-refractivity contribution in [2.24, 2.45) is 23.5 Å². The molecule has 158 valence electrons. The van der Waals surface area contributed by atoms with E-state index in [0.29, 0.717) is 23.4 Å². The van der Waals surface area contributed by atoms with Crippen molar-refractivity contribution >= 4 is 40.0 Å². The van der Waals surface area contributed by atoms with Crippen LogP contribution in [0.2, 0.25) is 0 Å². The van der Waals surface area contributed by atoms with Crippen LogP contribution in [0, 0.1) is 17.8 Å². The molecule has 9 heteroatoms. The summed E-state index contributed by atoms with van der Waals surface area (Å²) in [7, 11) is 0. The first-order valence-corrected chi connectivity index (χ1v) is 10.8. The molecule has 0 aromatic carbocycles. The molecule has 0 radical (unpaired) electrons. The number of hydrogen-bond acceptors (Lipinski definition) is 6. The third-order valence-corrected chi connectivity index (χ3v) is 6.91. The summed E-state index contributed by atoms with van der Waals surface area (Å²) in [6.07, 6.45) is 3.34. The number of thiophene rings is 1. The van der Waals surface area contributed by atoms with Crippen LogP contribution in [0.3, 0.4) is 0 Å². The SMILES string of the molecule is C[C@@H]1[C@@H](C)CCC[C@@H]1N1C[C@H](C(=O)OCC(=O)Nc2sccc2C(N)=O)CC1=O. The summed E-state index contributed by atoms with van der Waals surface area (Å²) in [5.74, 6) is -1.37. The largest absolute Gasteiger partial charge is 0.455 e. The number of esters is 1. The number of carbonyl (C=O) groups is 4. The van der Waals surface area contributed by atoms with Crippen molar-refractivity contribution in [3.8, 4) is 0 Å². The van der Waals surface area contributed by atoms with E-state index in [1.165, 1.54) is 12.5 Å². The Morgan fingerprint density at radius 1 is 1.31 bits per heavy atom. The number of anilines is 1. The number of nitrogens with zero attached hydrogens (tertiary/aromatic N) is 1. The van der Waals surface area contributed by atoms with E-state index in [4.69, 9.17) is 10.5 Å². The third kappa shape index (κ3) is 4.77. The van der Waals surface area contributed by atoms with Crippen molar-refractivity contribution in [2.45, 2.75) is 45.6 Å². The lowest BCUT2D eigenvalue weighted by Gasteiger charge is -2.39. The highest BCUT2D eigenvalue weighted by Crippen LogP contribution is 2.36. The second-order valence-corrected chi connectivity index (χ2v) is 8.88. The number of likely N-dealkylation sites (tertiary alicyclic amines) is 1. The standard InChI is InChI=1S/C20H27N3O5S/c1-11-4-3-5-15(12(11)2)23-9-13(8-17(23)25)20(27)28-10-16(24)22-19-14(18(21)26)6-7-29-19/h6-7,11-13,15H,3-5,8-10H2,1-2H3,(H2,21,26)(H,22,24)/t11-,12+,13+,15-/m0/s1. The number of primary amides is 1. The van der Waals surface area contributed by atoms with Crippen molar-refractivity contribution in [1.29, 1.82) is 0 Å². The number of nitrogens with two attached hydrogens (primary N) is 1. The fraction of sp³-hybridized carbons (Fsp3) is 0.600. The second kappa shape index (κ2) is 8.94. The second-order valence-electron chi connectivity index (χ2n) is 7.97. The zero-order chi connectivity index (χ0) is 21.1. The molecule has 1 aromatic heterocycles. The molecule has 3 amide bonds. The quantitative estimate of drug-likeness (QED) is 0.681. The Hall–Kier alpha value is -2.42. The summed E-state index contributed by atoms with van der Waals surface area (Å²) in [6.45, 7) is 4.25. The Balaban J connectivity index is 1.51. The minimum absolute atomic E-state index is 0.0213. The lowest BCUT2D eigenvalue weighted by atomic mass is 9.77. The van der Waals surface area contributed by atoms with Crippen LogP contribution >= 0.6 is 11.3 Å². The first-order valence-electron chi connectivity index (χ1n) is 9.91. The minimum Gasteiger partial charge on any atom is -0.455 e. The average Bonchev–Trinajstić information content (AvgIpc) is 3.29. The summed E-state index contributed by atoms with van der Waals surface area (Å²) >= 11 is 1.16. The van der Waals surface area contributed by atoms with Gasteiger partial charge in [-0.25, -0.2) is 0 Å². The smallest absolute Gasteiger partial charge is 0.311 e. The number of hydrogen-bond donors (Lipinski definition) is 2. The zero-order valence-corrected chi connectivity index (χ0v) is 17.5. The van der Waals surface area contributed by atoms with Gasteiger partial charge in [0.25, 0.3) is 11.8 Å². The maximum absolute atomic E-state index is 12.5. The molecule has 1 aliphatic carbocycles. The molecule has 1 aromatic rings. The summed E-state index contributed by atoms with van der Waals surface area (Å²) in [5, 5.41) is 4.47. The number of carbonyl (C=O) groups excluding carboxylic acids is 4. The first kappa shape index (κ1) is 21.3. The summed E-state index contributed by atoms with van der Waals surface area (Å²) in [5.41, 5.74) is 5.45. The van der Waals surface area contributed by atoms with Crippen molar-refractivity contribution in [3.05, 3.63) is 17.0 Å². The Morgan fingerprint density at radius 3 is 2.79 bits per heavy atom. The molecule has 0 unspecified atom stereocenters. The molecule has 2 heterocycles. The Morgan fingerprint density at radius 2 is 2.07 bits per heavy atom. The van der Waals surface area contributed by atoms with E-state index in [1.54, 1.807) is 5.38 Å². The van der Waals surface area contributed by atoms with Gasteiger partial charge in [0.05, 0.1) is 11.5 Å². The van der Waals surface area contributed by atoms with E-state index < -0.39 is 30.3 Å². The lowest BCUT2D eigenvalue weighted by Crippen LogP contribution is -2.45. The predicted octanol–water partition coefficient (Wildman–Crippen LogP) is 2.00. The predicted molar refractivity (Wildman–Crippen MR) is 108 cm³/mol. The highest BCUT2D eigenvalue weighted by atomic mass is 32.1. The van der Waals surface area contributed by atoms with E-state index >= 15 is 0 Å². The highest BCUT2D eigenvalue weighted by molar-refractivity contribution is 7.14. The average molecular weight is 422 g/mol. The van der Waals surface area contributed by atoms with Gasteiger partial charge in [0, 0.05) is 19.0 Å². The Labute approximate surface area is 173 Å². The number of rotatable bonds is 6. The molecule has 1 saturated heterocycles. The summed E-state index contributed by atoms with van der Waals surface area (Å²) in [6, 6.07) is 1.68. The zero-order valence-electron chi connectivity index (χ0n) is 16.7. The molecule has 2 fully saturated rings. The van der Waals surface area contributed by atoms with Gasteiger partial charge in [-0.15, -0.1) is 11.3 Å². The number of ether oxygens (including phenoxy) is 1. The molecule has 3 rings (SSSR count). The molecule has 1 aliphatic heterocycles. The molecule has 3 N–H and O–H groups in total. The van der Waals surface area contributed by atoms with Crippen LogP contribution < -0.4 is 11.1 Å². The van der Waals surface area contributed by atoms with E-state index in [9.17, 15) is 19.2 Å². The van der Waals surface area contributed by atoms with Crippen molar-refractivity contribution in [1.82, 2.24) is 4.90 Å². The molecule has 4 atom stereocenters. The fourth-order valence-electron chi connectivity index (χ4n) is 4.22. The van der Waals surface area contributed by atoms with E-state index in [0.717, 1.165) is 24.2 Å². The third-order valence-electron chi connectivity index (χ3n) is 6.09. The molecule has 0 spiro atoms. The number of nitrogens with one attached hydrogen (secondary N) is 1. The van der Waals surface area contributed by atoms with Gasteiger partial charge in [0.1, 0.15) is 5.00 Å². The molecular formula is C20H27N3O5S. The molecule has 0 bridgehead atoms. The summed E-state index contributed by atoms with van der Waals surface area (Å²) in [4.78, 5) is 50.1. The van der Waals surface area contributed by atoms with E-state index in [1.807, 2.05) is 4.90 Å². The van der Waals surface area contributed by atoms with Crippen LogP contribution in [-0.2, 0) is 19.1 Å². The van der Waals surface area contributed by atoms with Gasteiger partial charge in [-0.05, 0) is 29.7 Å². The summed E-state index contributed by atoms with van der Waals surface area (Å²) < 4.78 is 5.13. The van der Waals surface area contributed by atoms with Crippen LogP contribution in [0.1, 0.15) is 49.9 Å². The highest BCUT2D eigenvalue weighted by Gasteiger charge is 2.42. The van der Waals surface area contributed by atoms with Crippen LogP contribution in [0.15, 0.2) is 11.4 Å². The molecular weight excluding hydrogens is 394 g/mol. The van der Waals surface area contributed by atoms with Crippen LogP contribution in [0.4, 0.5) is 5.00 Å². The van der Waals surface area contributed by atoms with Crippen molar-refractivity contribution < 1.29 is 23.9 Å². The maximum Gasteiger partial charge on any atom is 0.311 e. The lowest BCUT2D eigenvalue weighted by molar-refractivity contribution is -0.151. The molecule has 2 aliphatic rings. The van der Waals surface area contributed by atoms with Gasteiger partial charge in [-0.1, -0.05) is 26.7 Å². The van der Waals surface area contributed by atoms with Crippen molar-refractivity contribution in [2.75, 3.05) is 18.5 Å².